The number of rotatable bonds is 2. The number of hydroxylamine groups is 1. The monoisotopic (exact) mass is 357 g/mol. The van der Waals surface area contributed by atoms with Gasteiger partial charge in [0.25, 0.3) is 0 Å². The molecule has 5 rings (SSSR count). The van der Waals surface area contributed by atoms with Gasteiger partial charge in [-0.2, -0.15) is 0 Å². The van der Waals surface area contributed by atoms with E-state index in [9.17, 15) is 4.79 Å². The molecule has 0 radical (unpaired) electrons. The molecule has 0 saturated carbocycles. The van der Waals surface area contributed by atoms with E-state index in [4.69, 9.17) is 9.57 Å². The second-order valence-corrected chi connectivity index (χ2v) is 6.86. The highest BCUT2D eigenvalue weighted by Gasteiger charge is 2.52. The molecule has 1 aliphatic carbocycles. The van der Waals surface area contributed by atoms with Crippen molar-refractivity contribution in [1.82, 2.24) is 0 Å². The number of carbonyl (C=O) groups excluding carboxylic acids is 1. The summed E-state index contributed by atoms with van der Waals surface area (Å²) < 4.78 is 5.08. The number of para-hydroxylation sites is 1. The zero-order valence-corrected chi connectivity index (χ0v) is 14.9. The van der Waals surface area contributed by atoms with E-state index in [1.807, 2.05) is 53.6 Å². The molecular formula is C23H19NO3. The Morgan fingerprint density at radius 3 is 2.15 bits per heavy atom. The predicted molar refractivity (Wildman–Crippen MR) is 103 cm³/mol. The molecule has 2 aliphatic rings. The summed E-state index contributed by atoms with van der Waals surface area (Å²) in [5, 5.41) is 1.88. The van der Waals surface area contributed by atoms with Gasteiger partial charge in [-0.15, -0.1) is 0 Å². The fourth-order valence-corrected chi connectivity index (χ4v) is 4.35. The lowest BCUT2D eigenvalue weighted by molar-refractivity contribution is -0.152. The van der Waals surface area contributed by atoms with Crippen molar-refractivity contribution >= 4 is 11.7 Å². The molecule has 27 heavy (non-hydrogen) atoms. The van der Waals surface area contributed by atoms with Crippen LogP contribution in [0.5, 0.6) is 0 Å². The number of carbonyl (C=O) groups is 1. The second kappa shape index (κ2) is 6.25. The summed E-state index contributed by atoms with van der Waals surface area (Å²) in [6, 6.07) is 26.4. The smallest absolute Gasteiger partial charge is 0.338 e. The third-order valence-electron chi connectivity index (χ3n) is 5.48. The molecule has 0 bridgehead atoms. The van der Waals surface area contributed by atoms with Gasteiger partial charge in [0.2, 0.25) is 0 Å². The minimum absolute atomic E-state index is 0.0948. The molecule has 3 aromatic rings. The quantitative estimate of drug-likeness (QED) is 0.634. The fraction of sp³-hybridized carbons (Fsp3) is 0.174. The number of hydrogen-bond donors (Lipinski definition) is 0. The topological polar surface area (TPSA) is 38.8 Å². The Morgan fingerprint density at radius 2 is 1.44 bits per heavy atom. The summed E-state index contributed by atoms with van der Waals surface area (Å²) in [5.41, 5.74) is 5.55. The van der Waals surface area contributed by atoms with E-state index in [2.05, 4.69) is 30.3 Å². The van der Waals surface area contributed by atoms with Crippen molar-refractivity contribution in [3.05, 3.63) is 90.0 Å². The maximum Gasteiger partial charge on any atom is 0.338 e. The van der Waals surface area contributed by atoms with Gasteiger partial charge in [-0.1, -0.05) is 66.7 Å². The van der Waals surface area contributed by atoms with Crippen LogP contribution in [-0.4, -0.2) is 19.2 Å². The average Bonchev–Trinajstić information content (AvgIpc) is 3.15. The zero-order chi connectivity index (χ0) is 18.4. The normalized spacial score (nSPS) is 22.6. The van der Waals surface area contributed by atoms with Crippen LogP contribution in [0.15, 0.2) is 78.9 Å². The maximum absolute atomic E-state index is 12.6. The highest BCUT2D eigenvalue weighted by atomic mass is 16.7. The largest absolute Gasteiger partial charge is 0.467 e. The summed E-state index contributed by atoms with van der Waals surface area (Å²) in [5.74, 6) is -0.485. The molecule has 3 atom stereocenters. The number of ether oxygens (including phenoxy) is 1. The van der Waals surface area contributed by atoms with Gasteiger partial charge in [0.1, 0.15) is 0 Å². The van der Waals surface area contributed by atoms with Crippen LogP contribution >= 0.6 is 0 Å². The lowest BCUT2D eigenvalue weighted by Gasteiger charge is -2.34. The molecule has 0 spiro atoms. The Kier molecular flexibility index (Phi) is 3.73. The molecule has 4 heteroatoms. The van der Waals surface area contributed by atoms with E-state index in [1.165, 1.54) is 12.7 Å². The molecular weight excluding hydrogens is 338 g/mol. The van der Waals surface area contributed by atoms with Crippen molar-refractivity contribution in [2.45, 2.75) is 18.1 Å². The lowest BCUT2D eigenvalue weighted by Crippen LogP contribution is -2.29. The Morgan fingerprint density at radius 1 is 0.852 bits per heavy atom. The SMILES string of the molecule is COC(=O)[C@H]1ON(c2ccccc2)[C@H]2c3ccccc3-c3ccccc3[C@H]12. The molecule has 0 aromatic heterocycles. The summed E-state index contributed by atoms with van der Waals surface area (Å²) in [6.45, 7) is 0. The lowest BCUT2D eigenvalue weighted by atomic mass is 9.73. The fourth-order valence-electron chi connectivity index (χ4n) is 4.35. The van der Waals surface area contributed by atoms with Crippen molar-refractivity contribution in [2.75, 3.05) is 12.2 Å². The van der Waals surface area contributed by atoms with Gasteiger partial charge in [0, 0.05) is 0 Å². The number of anilines is 1. The Labute approximate surface area is 157 Å². The van der Waals surface area contributed by atoms with Gasteiger partial charge in [-0.05, 0) is 34.4 Å². The first-order valence-corrected chi connectivity index (χ1v) is 9.06. The van der Waals surface area contributed by atoms with Crippen LogP contribution in [0.3, 0.4) is 0 Å². The summed E-state index contributed by atoms with van der Waals surface area (Å²) in [6.07, 6.45) is -0.685. The second-order valence-electron chi connectivity index (χ2n) is 6.86. The molecule has 0 amide bonds. The van der Waals surface area contributed by atoms with E-state index in [1.54, 1.807) is 0 Å². The van der Waals surface area contributed by atoms with Gasteiger partial charge < -0.3 is 4.74 Å². The Balaban J connectivity index is 1.75. The average molecular weight is 357 g/mol. The van der Waals surface area contributed by atoms with E-state index >= 15 is 0 Å². The first-order chi connectivity index (χ1) is 13.3. The molecule has 1 aliphatic heterocycles. The van der Waals surface area contributed by atoms with E-state index in [0.717, 1.165) is 22.4 Å². The van der Waals surface area contributed by atoms with Gasteiger partial charge in [-0.25, -0.2) is 9.86 Å². The number of nitrogens with zero attached hydrogens (tertiary/aromatic N) is 1. The van der Waals surface area contributed by atoms with Crippen LogP contribution < -0.4 is 5.06 Å². The first kappa shape index (κ1) is 16.1. The molecule has 1 saturated heterocycles. The Hall–Kier alpha value is -3.11. The van der Waals surface area contributed by atoms with E-state index < -0.39 is 6.10 Å². The molecule has 3 aromatic carbocycles. The number of esters is 1. The number of benzene rings is 3. The van der Waals surface area contributed by atoms with E-state index in [0.29, 0.717) is 0 Å². The highest BCUT2D eigenvalue weighted by Crippen LogP contribution is 2.55. The van der Waals surface area contributed by atoms with Crippen molar-refractivity contribution in [1.29, 1.82) is 0 Å². The van der Waals surface area contributed by atoms with Gasteiger partial charge >= 0.3 is 5.97 Å². The number of fused-ring (bicyclic) bond motifs is 6. The Bertz CT molecular complexity index is 1000. The van der Waals surface area contributed by atoms with Crippen molar-refractivity contribution in [3.8, 4) is 11.1 Å². The third-order valence-corrected chi connectivity index (χ3v) is 5.48. The van der Waals surface area contributed by atoms with Crippen LogP contribution in [0.2, 0.25) is 0 Å². The summed E-state index contributed by atoms with van der Waals surface area (Å²) >= 11 is 0. The molecule has 4 nitrogen and oxygen atoms in total. The predicted octanol–water partition coefficient (Wildman–Crippen LogP) is 4.49. The van der Waals surface area contributed by atoms with E-state index in [-0.39, 0.29) is 17.9 Å². The molecule has 1 heterocycles. The number of hydrogen-bond acceptors (Lipinski definition) is 4. The molecule has 1 fully saturated rings. The minimum atomic E-state index is -0.685. The van der Waals surface area contributed by atoms with Gasteiger partial charge in [-0.3, -0.25) is 4.84 Å². The van der Waals surface area contributed by atoms with Crippen LogP contribution in [-0.2, 0) is 14.4 Å². The van der Waals surface area contributed by atoms with Crippen molar-refractivity contribution in [2.24, 2.45) is 0 Å². The molecule has 134 valence electrons. The maximum atomic E-state index is 12.6. The molecule has 0 N–H and O–H groups in total. The van der Waals surface area contributed by atoms with Crippen LogP contribution in [0.25, 0.3) is 11.1 Å². The highest BCUT2D eigenvalue weighted by molar-refractivity contribution is 5.83. The van der Waals surface area contributed by atoms with Crippen LogP contribution in [0, 0.1) is 0 Å². The third kappa shape index (κ3) is 2.37. The van der Waals surface area contributed by atoms with Gasteiger partial charge in [0.15, 0.2) is 6.10 Å². The van der Waals surface area contributed by atoms with Crippen molar-refractivity contribution < 1.29 is 14.4 Å². The summed E-state index contributed by atoms with van der Waals surface area (Å²) in [4.78, 5) is 18.8. The van der Waals surface area contributed by atoms with Crippen molar-refractivity contribution in [3.63, 3.8) is 0 Å². The van der Waals surface area contributed by atoms with Crippen LogP contribution in [0.1, 0.15) is 23.1 Å². The number of methoxy groups -OCH3 is 1. The first-order valence-electron chi connectivity index (χ1n) is 9.06. The standard InChI is InChI=1S/C23H19NO3/c1-26-23(25)22-20-18-13-7-5-11-16(18)17-12-6-8-14-19(17)21(20)24(27-22)15-9-3-2-4-10-15/h2-14,20-22H,1H3/t20-,21-,22-/m0/s1. The minimum Gasteiger partial charge on any atom is -0.467 e. The summed E-state index contributed by atoms with van der Waals surface area (Å²) in [7, 11) is 1.41. The van der Waals surface area contributed by atoms with Gasteiger partial charge in [0.05, 0.1) is 24.8 Å². The zero-order valence-electron chi connectivity index (χ0n) is 14.9. The molecule has 0 unspecified atom stereocenters. The van der Waals surface area contributed by atoms with Crippen LogP contribution in [0.4, 0.5) is 5.69 Å².